The van der Waals surface area contributed by atoms with Crippen LogP contribution in [-0.2, 0) is 16.6 Å². The first-order valence-corrected chi connectivity index (χ1v) is 12.5. The van der Waals surface area contributed by atoms with Crippen LogP contribution in [0.1, 0.15) is 15.9 Å². The highest BCUT2D eigenvalue weighted by molar-refractivity contribution is 7.92. The molecular weight excluding hydrogens is 491 g/mol. The van der Waals surface area contributed by atoms with Crippen molar-refractivity contribution in [2.75, 3.05) is 44.3 Å². The van der Waals surface area contributed by atoms with Crippen molar-refractivity contribution in [3.8, 4) is 23.0 Å². The number of hydrogen-bond acceptors (Lipinski definition) is 7. The fourth-order valence-corrected chi connectivity index (χ4v) is 4.39. The predicted molar refractivity (Wildman–Crippen MR) is 134 cm³/mol. The van der Waals surface area contributed by atoms with Gasteiger partial charge in [-0.15, -0.1) is 0 Å². The molecule has 0 saturated heterocycles. The zero-order valence-electron chi connectivity index (χ0n) is 20.5. The summed E-state index contributed by atoms with van der Waals surface area (Å²) in [6, 6.07) is 13.3. The number of carbonyl (C=O) groups excluding carboxylic acids is 1. The molecule has 0 heterocycles. The maximum absolute atomic E-state index is 14.4. The first kappa shape index (κ1) is 26.6. The van der Waals surface area contributed by atoms with Crippen LogP contribution in [0.25, 0.3) is 0 Å². The minimum absolute atomic E-state index is 0.0246. The Balaban J connectivity index is 2.16. The Morgan fingerprint density at radius 1 is 0.889 bits per heavy atom. The highest BCUT2D eigenvalue weighted by Gasteiger charge is 2.27. The van der Waals surface area contributed by atoms with E-state index in [1.54, 1.807) is 24.3 Å². The molecule has 0 spiro atoms. The molecule has 36 heavy (non-hydrogen) atoms. The molecule has 0 aliphatic heterocycles. The molecule has 0 aromatic heterocycles. The molecule has 0 unspecified atom stereocenters. The summed E-state index contributed by atoms with van der Waals surface area (Å²) in [7, 11) is 1.72. The van der Waals surface area contributed by atoms with E-state index >= 15 is 0 Å². The quantitative estimate of drug-likeness (QED) is 0.431. The van der Waals surface area contributed by atoms with Crippen LogP contribution < -0.4 is 28.6 Å². The zero-order chi connectivity index (χ0) is 26.5. The van der Waals surface area contributed by atoms with Crippen molar-refractivity contribution in [2.24, 2.45) is 0 Å². The van der Waals surface area contributed by atoms with Gasteiger partial charge in [0.2, 0.25) is 10.0 Å². The number of methoxy groups -OCH3 is 4. The number of halogens is 1. The summed E-state index contributed by atoms with van der Waals surface area (Å²) in [6.45, 7) is -0.354. The second kappa shape index (κ2) is 11.2. The van der Waals surface area contributed by atoms with E-state index in [2.05, 4.69) is 5.32 Å². The third kappa shape index (κ3) is 5.80. The molecule has 1 N–H and O–H groups in total. The summed E-state index contributed by atoms with van der Waals surface area (Å²) in [6.07, 6.45) is 0.971. The minimum Gasteiger partial charge on any atom is -0.497 e. The second-order valence-electron chi connectivity index (χ2n) is 7.61. The van der Waals surface area contributed by atoms with Crippen LogP contribution in [0.4, 0.5) is 15.8 Å². The van der Waals surface area contributed by atoms with Crippen molar-refractivity contribution in [3.63, 3.8) is 0 Å². The number of amides is 1. The Morgan fingerprint density at radius 2 is 1.53 bits per heavy atom. The van der Waals surface area contributed by atoms with Gasteiger partial charge in [0.15, 0.2) is 11.5 Å². The summed E-state index contributed by atoms with van der Waals surface area (Å²) < 4.78 is 62.3. The Hall–Kier alpha value is -3.99. The third-order valence-electron chi connectivity index (χ3n) is 5.34. The first-order valence-electron chi connectivity index (χ1n) is 10.6. The van der Waals surface area contributed by atoms with Crippen molar-refractivity contribution in [1.29, 1.82) is 0 Å². The normalized spacial score (nSPS) is 10.9. The van der Waals surface area contributed by atoms with Crippen LogP contribution in [0.5, 0.6) is 23.0 Å². The Labute approximate surface area is 209 Å². The van der Waals surface area contributed by atoms with Crippen LogP contribution in [0.2, 0.25) is 0 Å². The standard InChI is InChI=1S/C25H27FN2O7S/c1-32-17-10-11-20(22(12-17)33-2)27-25(29)18-13-23(34-3)24(35-4)14-21(18)28(36(5,30)31)15-16-8-6-7-9-19(16)26/h6-14H,15H2,1-5H3,(H,27,29). The molecule has 3 aromatic carbocycles. The smallest absolute Gasteiger partial charge is 0.258 e. The monoisotopic (exact) mass is 518 g/mol. The molecule has 9 nitrogen and oxygen atoms in total. The molecular formula is C25H27FN2O7S. The molecule has 0 radical (unpaired) electrons. The minimum atomic E-state index is -3.98. The lowest BCUT2D eigenvalue weighted by atomic mass is 10.1. The number of ether oxygens (including phenoxy) is 4. The Morgan fingerprint density at radius 3 is 2.11 bits per heavy atom. The van der Waals surface area contributed by atoms with Crippen molar-refractivity contribution < 1.29 is 36.6 Å². The number of nitrogens with one attached hydrogen (secondary N) is 1. The van der Waals surface area contributed by atoms with E-state index in [9.17, 15) is 17.6 Å². The Kier molecular flexibility index (Phi) is 8.25. The summed E-state index contributed by atoms with van der Waals surface area (Å²) in [5, 5.41) is 2.73. The van der Waals surface area contributed by atoms with Crippen LogP contribution in [0.3, 0.4) is 0 Å². The topological polar surface area (TPSA) is 103 Å². The van der Waals surface area contributed by atoms with Gasteiger partial charge in [-0.3, -0.25) is 9.10 Å². The molecule has 0 fully saturated rings. The van der Waals surface area contributed by atoms with Gasteiger partial charge in [0.25, 0.3) is 5.91 Å². The molecule has 192 valence electrons. The van der Waals surface area contributed by atoms with Crippen molar-refractivity contribution in [2.45, 2.75) is 6.54 Å². The summed E-state index contributed by atoms with van der Waals surface area (Å²) in [5.41, 5.74) is 0.376. The van der Waals surface area contributed by atoms with Gasteiger partial charge >= 0.3 is 0 Å². The van der Waals surface area contributed by atoms with Crippen LogP contribution in [-0.4, -0.2) is 49.0 Å². The van der Waals surface area contributed by atoms with Gasteiger partial charge in [0.1, 0.15) is 17.3 Å². The number of hydrogen-bond donors (Lipinski definition) is 1. The van der Waals surface area contributed by atoms with E-state index in [0.29, 0.717) is 17.2 Å². The van der Waals surface area contributed by atoms with E-state index in [0.717, 1.165) is 10.6 Å². The van der Waals surface area contributed by atoms with E-state index < -0.39 is 21.7 Å². The van der Waals surface area contributed by atoms with Crippen LogP contribution in [0, 0.1) is 5.82 Å². The van der Waals surface area contributed by atoms with Crippen LogP contribution in [0.15, 0.2) is 54.6 Å². The van der Waals surface area contributed by atoms with Gasteiger partial charge in [-0.05, 0) is 24.3 Å². The van der Waals surface area contributed by atoms with Crippen molar-refractivity contribution in [3.05, 3.63) is 71.5 Å². The van der Waals surface area contributed by atoms with Gasteiger partial charge < -0.3 is 24.3 Å². The molecule has 0 bridgehead atoms. The number of carbonyl (C=O) groups is 1. The van der Waals surface area contributed by atoms with E-state index in [1.165, 1.54) is 58.8 Å². The van der Waals surface area contributed by atoms with Gasteiger partial charge in [-0.25, -0.2) is 12.8 Å². The average Bonchev–Trinajstić information content (AvgIpc) is 2.86. The maximum atomic E-state index is 14.4. The molecule has 3 aromatic rings. The first-order chi connectivity index (χ1) is 17.1. The van der Waals surface area contributed by atoms with Crippen molar-refractivity contribution >= 4 is 27.3 Å². The SMILES string of the molecule is COc1ccc(NC(=O)c2cc(OC)c(OC)cc2N(Cc2ccccc2F)S(C)(=O)=O)c(OC)c1. The molecule has 3 rings (SSSR count). The van der Waals surface area contributed by atoms with Gasteiger partial charge in [-0.2, -0.15) is 0 Å². The summed E-state index contributed by atoms with van der Waals surface area (Å²) in [4.78, 5) is 13.5. The van der Waals surface area contributed by atoms with Gasteiger partial charge in [-0.1, -0.05) is 18.2 Å². The molecule has 11 heteroatoms. The largest absolute Gasteiger partial charge is 0.497 e. The Bertz CT molecular complexity index is 1360. The molecule has 0 aliphatic carbocycles. The van der Waals surface area contributed by atoms with E-state index in [-0.39, 0.29) is 34.9 Å². The maximum Gasteiger partial charge on any atom is 0.258 e. The molecule has 0 aliphatic rings. The number of nitrogens with zero attached hydrogens (tertiary/aromatic N) is 1. The van der Waals surface area contributed by atoms with E-state index in [4.69, 9.17) is 18.9 Å². The molecule has 0 saturated carbocycles. The lowest BCUT2D eigenvalue weighted by Gasteiger charge is -2.26. The number of rotatable bonds is 10. The second-order valence-corrected chi connectivity index (χ2v) is 9.51. The van der Waals surface area contributed by atoms with Gasteiger partial charge in [0.05, 0.1) is 58.2 Å². The molecule has 0 atom stereocenters. The predicted octanol–water partition coefficient (Wildman–Crippen LogP) is 4.08. The zero-order valence-corrected chi connectivity index (χ0v) is 21.3. The number of sulfonamides is 1. The fourth-order valence-electron chi connectivity index (χ4n) is 3.51. The van der Waals surface area contributed by atoms with Gasteiger partial charge in [0, 0.05) is 17.7 Å². The lowest BCUT2D eigenvalue weighted by molar-refractivity contribution is 0.102. The average molecular weight is 519 g/mol. The van der Waals surface area contributed by atoms with E-state index in [1.807, 2.05) is 0 Å². The van der Waals surface area contributed by atoms with Crippen molar-refractivity contribution in [1.82, 2.24) is 0 Å². The lowest BCUT2D eigenvalue weighted by Crippen LogP contribution is -2.32. The number of anilines is 2. The highest BCUT2D eigenvalue weighted by Crippen LogP contribution is 2.38. The molecule has 1 amide bonds. The number of benzene rings is 3. The highest BCUT2D eigenvalue weighted by atomic mass is 32.2. The third-order valence-corrected chi connectivity index (χ3v) is 6.47. The summed E-state index contributed by atoms with van der Waals surface area (Å²) >= 11 is 0. The fraction of sp³-hybridized carbons (Fsp3) is 0.240. The van der Waals surface area contributed by atoms with Crippen LogP contribution >= 0.6 is 0 Å². The summed E-state index contributed by atoms with van der Waals surface area (Å²) in [5.74, 6) is -0.00116.